The molecule has 0 saturated heterocycles. The molecular weight excluding hydrogens is 208 g/mol. The quantitative estimate of drug-likeness (QED) is 0.604. The molecule has 1 atom stereocenters. The molecule has 0 aliphatic rings. The molecule has 86 valence electrons. The van der Waals surface area contributed by atoms with Crippen molar-refractivity contribution in [2.24, 2.45) is 5.73 Å². The highest BCUT2D eigenvalue weighted by Crippen LogP contribution is 2.29. The summed E-state index contributed by atoms with van der Waals surface area (Å²) in [5, 5.41) is 11.1. The van der Waals surface area contributed by atoms with Gasteiger partial charge in [-0.25, -0.2) is 0 Å². The number of carbonyl (C=O) groups is 1. The van der Waals surface area contributed by atoms with E-state index in [1.54, 1.807) is 30.3 Å². The van der Waals surface area contributed by atoms with Crippen molar-refractivity contribution in [3.8, 4) is 0 Å². The molecule has 0 radical (unpaired) electrons. The van der Waals surface area contributed by atoms with Crippen molar-refractivity contribution in [1.29, 1.82) is 0 Å². The summed E-state index contributed by atoms with van der Waals surface area (Å²) >= 11 is 0. The van der Waals surface area contributed by atoms with Crippen LogP contribution in [0, 0.1) is 10.1 Å². The topological polar surface area (TPSA) is 86.2 Å². The van der Waals surface area contributed by atoms with Gasteiger partial charge in [-0.3, -0.25) is 14.9 Å². The second-order valence-electron chi connectivity index (χ2n) is 3.86. The minimum atomic E-state index is -1.25. The molecule has 1 unspecified atom stereocenters. The molecule has 0 fully saturated rings. The molecule has 1 rings (SSSR count). The largest absolute Gasteiger partial charge is 0.370 e. The molecule has 5 nitrogen and oxygen atoms in total. The molecule has 0 spiro atoms. The Balaban J connectivity index is 2.98. The van der Waals surface area contributed by atoms with Gasteiger partial charge in [0.05, 0.1) is 0 Å². The number of nitrogens with two attached hydrogens (primary N) is 1. The summed E-state index contributed by atoms with van der Waals surface area (Å²) in [4.78, 5) is 21.4. The van der Waals surface area contributed by atoms with Gasteiger partial charge in [-0.15, -0.1) is 0 Å². The van der Waals surface area contributed by atoms with Crippen LogP contribution in [0.5, 0.6) is 0 Å². The average molecular weight is 222 g/mol. The monoisotopic (exact) mass is 222 g/mol. The minimum absolute atomic E-state index is 0.00632. The van der Waals surface area contributed by atoms with Crippen LogP contribution in [0.1, 0.15) is 25.3 Å². The summed E-state index contributed by atoms with van der Waals surface area (Å²) in [6, 6.07) is 8.63. The molecule has 0 aromatic heterocycles. The molecule has 0 aliphatic heterocycles. The Morgan fingerprint density at radius 3 is 2.44 bits per heavy atom. The van der Waals surface area contributed by atoms with Crippen molar-refractivity contribution in [3.63, 3.8) is 0 Å². The van der Waals surface area contributed by atoms with Gasteiger partial charge in [-0.2, -0.15) is 0 Å². The van der Waals surface area contributed by atoms with Gasteiger partial charge in [0.2, 0.25) is 11.4 Å². The Morgan fingerprint density at radius 1 is 1.44 bits per heavy atom. The van der Waals surface area contributed by atoms with Crippen LogP contribution in [-0.2, 0) is 10.3 Å². The van der Waals surface area contributed by atoms with E-state index < -0.39 is 11.4 Å². The standard InChI is InChI=1S/C11H14N2O3/c1-11(13(15)16,8-7-10(12)14)9-5-3-2-4-6-9/h2-6H,7-8H2,1H3,(H2,12,14). The Labute approximate surface area is 93.4 Å². The summed E-state index contributed by atoms with van der Waals surface area (Å²) in [6.45, 7) is 1.51. The van der Waals surface area contributed by atoms with E-state index in [1.165, 1.54) is 6.92 Å². The van der Waals surface area contributed by atoms with Crippen molar-refractivity contribution < 1.29 is 9.72 Å². The third kappa shape index (κ3) is 2.56. The maximum atomic E-state index is 11.1. The second kappa shape index (κ2) is 4.74. The maximum Gasteiger partial charge on any atom is 0.244 e. The molecule has 0 saturated carbocycles. The van der Waals surface area contributed by atoms with E-state index in [4.69, 9.17) is 5.73 Å². The fraction of sp³-hybridized carbons (Fsp3) is 0.364. The summed E-state index contributed by atoms with van der Waals surface area (Å²) in [7, 11) is 0. The zero-order chi connectivity index (χ0) is 12.2. The summed E-state index contributed by atoms with van der Waals surface area (Å²) < 4.78 is 0. The fourth-order valence-electron chi connectivity index (χ4n) is 1.50. The van der Waals surface area contributed by atoms with Crippen molar-refractivity contribution in [2.45, 2.75) is 25.3 Å². The zero-order valence-corrected chi connectivity index (χ0v) is 9.05. The van der Waals surface area contributed by atoms with Gasteiger partial charge < -0.3 is 5.73 Å². The summed E-state index contributed by atoms with van der Waals surface area (Å²) in [5.74, 6) is -0.524. The lowest BCUT2D eigenvalue weighted by Crippen LogP contribution is -2.33. The van der Waals surface area contributed by atoms with E-state index in [1.807, 2.05) is 0 Å². The smallest absolute Gasteiger partial charge is 0.244 e. The van der Waals surface area contributed by atoms with Crippen LogP contribution >= 0.6 is 0 Å². The normalized spacial score (nSPS) is 14.1. The van der Waals surface area contributed by atoms with Gasteiger partial charge in [0.15, 0.2) is 0 Å². The third-order valence-electron chi connectivity index (χ3n) is 2.66. The Bertz CT molecular complexity index is 391. The number of hydrogen-bond acceptors (Lipinski definition) is 3. The van der Waals surface area contributed by atoms with Crippen LogP contribution in [0.3, 0.4) is 0 Å². The van der Waals surface area contributed by atoms with E-state index in [2.05, 4.69) is 0 Å². The number of nitrogens with zero attached hydrogens (tertiary/aromatic N) is 1. The molecule has 1 amide bonds. The summed E-state index contributed by atoms with van der Waals surface area (Å²) in [5.41, 5.74) is 4.35. The first-order valence-electron chi connectivity index (χ1n) is 4.95. The molecule has 2 N–H and O–H groups in total. The van der Waals surface area contributed by atoms with E-state index in [0.717, 1.165) is 0 Å². The van der Waals surface area contributed by atoms with Crippen molar-refractivity contribution >= 4 is 5.91 Å². The number of rotatable bonds is 5. The van der Waals surface area contributed by atoms with Crippen molar-refractivity contribution in [3.05, 3.63) is 46.0 Å². The number of hydrogen-bond donors (Lipinski definition) is 1. The van der Waals surface area contributed by atoms with Crippen LogP contribution in [0.4, 0.5) is 0 Å². The highest BCUT2D eigenvalue weighted by molar-refractivity contribution is 5.73. The molecule has 0 heterocycles. The lowest BCUT2D eigenvalue weighted by molar-refractivity contribution is -0.575. The maximum absolute atomic E-state index is 11.1. The molecular formula is C11H14N2O3. The predicted octanol–water partition coefficient (Wildman–Crippen LogP) is 1.44. The lowest BCUT2D eigenvalue weighted by atomic mass is 9.88. The van der Waals surface area contributed by atoms with Gasteiger partial charge in [0, 0.05) is 30.3 Å². The lowest BCUT2D eigenvalue weighted by Gasteiger charge is -2.20. The third-order valence-corrected chi connectivity index (χ3v) is 2.66. The van der Waals surface area contributed by atoms with Crippen LogP contribution in [0.15, 0.2) is 30.3 Å². The van der Waals surface area contributed by atoms with Crippen LogP contribution in [0.25, 0.3) is 0 Å². The first-order chi connectivity index (χ1) is 7.47. The average Bonchev–Trinajstić information content (AvgIpc) is 2.26. The predicted molar refractivity (Wildman–Crippen MR) is 59.2 cm³/mol. The SMILES string of the molecule is CC(CCC(N)=O)(c1ccccc1)[N+](=O)[O-]. The van der Waals surface area contributed by atoms with Gasteiger partial charge in [-0.1, -0.05) is 30.3 Å². The summed E-state index contributed by atoms with van der Waals surface area (Å²) in [6.07, 6.45) is 0.117. The van der Waals surface area contributed by atoms with Crippen LogP contribution in [0.2, 0.25) is 0 Å². The number of benzene rings is 1. The Hall–Kier alpha value is -1.91. The Morgan fingerprint density at radius 2 is 2.00 bits per heavy atom. The zero-order valence-electron chi connectivity index (χ0n) is 9.05. The Kier molecular flexibility index (Phi) is 3.60. The molecule has 0 bridgehead atoms. The van der Waals surface area contributed by atoms with Gasteiger partial charge in [0.1, 0.15) is 0 Å². The van der Waals surface area contributed by atoms with Crippen molar-refractivity contribution in [1.82, 2.24) is 0 Å². The molecule has 16 heavy (non-hydrogen) atoms. The van der Waals surface area contributed by atoms with E-state index >= 15 is 0 Å². The first kappa shape index (κ1) is 12.2. The number of nitro groups is 1. The van der Waals surface area contributed by atoms with E-state index in [-0.39, 0.29) is 17.8 Å². The van der Waals surface area contributed by atoms with E-state index in [0.29, 0.717) is 5.56 Å². The van der Waals surface area contributed by atoms with Gasteiger partial charge in [-0.05, 0) is 0 Å². The number of primary amides is 1. The molecule has 0 aliphatic carbocycles. The number of amides is 1. The van der Waals surface area contributed by atoms with E-state index in [9.17, 15) is 14.9 Å². The molecule has 5 heteroatoms. The molecule has 1 aromatic rings. The van der Waals surface area contributed by atoms with Crippen molar-refractivity contribution in [2.75, 3.05) is 0 Å². The van der Waals surface area contributed by atoms with Gasteiger partial charge in [0.25, 0.3) is 0 Å². The minimum Gasteiger partial charge on any atom is -0.370 e. The second-order valence-corrected chi connectivity index (χ2v) is 3.86. The highest BCUT2D eigenvalue weighted by Gasteiger charge is 2.39. The first-order valence-corrected chi connectivity index (χ1v) is 4.95. The van der Waals surface area contributed by atoms with Crippen LogP contribution in [-0.4, -0.2) is 10.8 Å². The highest BCUT2D eigenvalue weighted by atomic mass is 16.6. The van der Waals surface area contributed by atoms with Crippen LogP contribution < -0.4 is 5.73 Å². The number of carbonyl (C=O) groups excluding carboxylic acids is 1. The molecule has 1 aromatic carbocycles. The van der Waals surface area contributed by atoms with Gasteiger partial charge >= 0.3 is 0 Å². The fourth-order valence-corrected chi connectivity index (χ4v) is 1.50.